The van der Waals surface area contributed by atoms with Crippen LogP contribution in [0.4, 0.5) is 11.4 Å². The third-order valence-corrected chi connectivity index (χ3v) is 5.83. The molecule has 7 nitrogen and oxygen atoms in total. The average molecular weight is 414 g/mol. The fourth-order valence-corrected chi connectivity index (χ4v) is 4.51. The van der Waals surface area contributed by atoms with Crippen LogP contribution in [-0.2, 0) is 4.79 Å². The summed E-state index contributed by atoms with van der Waals surface area (Å²) in [4.78, 5) is 25.7. The lowest BCUT2D eigenvalue weighted by atomic mass is 9.68. The number of nitriles is 1. The molecule has 2 N–H and O–H groups in total. The van der Waals surface area contributed by atoms with Gasteiger partial charge in [-0.3, -0.25) is 19.8 Å². The quantitative estimate of drug-likeness (QED) is 0.583. The van der Waals surface area contributed by atoms with Crippen molar-refractivity contribution in [2.45, 2.75) is 32.6 Å². The standard InChI is InChI=1S/C24H22N4O3/c1-24(2)12-19-22(20(29)13-24)21(15-6-4-3-5-7-15)18(14-25)23(26)27(19)16-8-10-17(11-9-16)28(30)31/h3-11,21H,12-13,26H2,1-2H3/t21-/m0/s1. The smallest absolute Gasteiger partial charge is 0.269 e. The third-order valence-electron chi connectivity index (χ3n) is 5.83. The fourth-order valence-electron chi connectivity index (χ4n) is 4.51. The number of ketones is 1. The maximum Gasteiger partial charge on any atom is 0.269 e. The molecule has 1 atom stereocenters. The Morgan fingerprint density at radius 1 is 1.13 bits per heavy atom. The monoisotopic (exact) mass is 414 g/mol. The van der Waals surface area contributed by atoms with Crippen molar-refractivity contribution < 1.29 is 9.72 Å². The second-order valence-electron chi connectivity index (χ2n) is 8.66. The maximum absolute atomic E-state index is 13.4. The molecule has 4 rings (SSSR count). The second-order valence-corrected chi connectivity index (χ2v) is 8.66. The Hall–Kier alpha value is -3.92. The number of non-ortho nitro benzene ring substituents is 1. The highest BCUT2D eigenvalue weighted by Gasteiger charge is 2.44. The molecule has 2 aromatic rings. The molecule has 7 heteroatoms. The van der Waals surface area contributed by atoms with E-state index in [0.717, 1.165) is 11.3 Å². The highest BCUT2D eigenvalue weighted by atomic mass is 16.6. The molecule has 0 radical (unpaired) electrons. The minimum absolute atomic E-state index is 0.00716. The summed E-state index contributed by atoms with van der Waals surface area (Å²) in [5, 5.41) is 21.1. The summed E-state index contributed by atoms with van der Waals surface area (Å²) in [6.07, 6.45) is 0.968. The molecule has 0 spiro atoms. The number of nitrogens with two attached hydrogens (primary N) is 1. The van der Waals surface area contributed by atoms with Crippen LogP contribution in [0.3, 0.4) is 0 Å². The molecule has 156 valence electrons. The summed E-state index contributed by atoms with van der Waals surface area (Å²) in [5.74, 6) is -0.291. The number of allylic oxidation sites excluding steroid dienone is 3. The van der Waals surface area contributed by atoms with E-state index in [1.54, 1.807) is 17.0 Å². The number of nitrogens with zero attached hydrogens (tertiary/aromatic N) is 3. The van der Waals surface area contributed by atoms with Crippen LogP contribution in [-0.4, -0.2) is 10.7 Å². The van der Waals surface area contributed by atoms with Gasteiger partial charge in [-0.25, -0.2) is 0 Å². The fraction of sp³-hybridized carbons (Fsp3) is 0.250. The normalized spacial score (nSPS) is 20.4. The molecule has 2 aromatic carbocycles. The number of nitro benzene ring substituents is 1. The largest absolute Gasteiger partial charge is 0.384 e. The maximum atomic E-state index is 13.4. The van der Waals surface area contributed by atoms with Gasteiger partial charge >= 0.3 is 0 Å². The van der Waals surface area contributed by atoms with Gasteiger partial charge in [0.2, 0.25) is 0 Å². The van der Waals surface area contributed by atoms with Gasteiger partial charge in [0.05, 0.1) is 22.5 Å². The highest BCUT2D eigenvalue weighted by Crippen LogP contribution is 2.50. The van der Waals surface area contributed by atoms with E-state index in [0.29, 0.717) is 29.7 Å². The zero-order chi connectivity index (χ0) is 22.3. The zero-order valence-electron chi connectivity index (χ0n) is 17.3. The molecule has 0 saturated carbocycles. The molecule has 1 aliphatic carbocycles. The lowest BCUT2D eigenvalue weighted by molar-refractivity contribution is -0.384. The van der Waals surface area contributed by atoms with Gasteiger partial charge in [-0.05, 0) is 29.5 Å². The van der Waals surface area contributed by atoms with Crippen LogP contribution in [0, 0.1) is 26.9 Å². The van der Waals surface area contributed by atoms with Crippen molar-refractivity contribution >= 4 is 17.2 Å². The Balaban J connectivity index is 1.96. The van der Waals surface area contributed by atoms with Crippen LogP contribution < -0.4 is 10.6 Å². The summed E-state index contributed by atoms with van der Waals surface area (Å²) in [7, 11) is 0. The number of hydrogen-bond acceptors (Lipinski definition) is 6. The van der Waals surface area contributed by atoms with Gasteiger partial charge in [-0.15, -0.1) is 0 Å². The van der Waals surface area contributed by atoms with E-state index in [4.69, 9.17) is 5.73 Å². The van der Waals surface area contributed by atoms with Gasteiger partial charge in [0.15, 0.2) is 5.78 Å². The number of rotatable bonds is 3. The number of nitro groups is 1. The number of carbonyl (C=O) groups is 1. The Bertz CT molecular complexity index is 1170. The Morgan fingerprint density at radius 3 is 2.35 bits per heavy atom. The molecule has 1 aliphatic heterocycles. The number of anilines is 1. The van der Waals surface area contributed by atoms with Crippen LogP contribution in [0.15, 0.2) is 77.3 Å². The Labute approximate surface area is 180 Å². The van der Waals surface area contributed by atoms with Gasteiger partial charge in [-0.1, -0.05) is 44.2 Å². The van der Waals surface area contributed by atoms with E-state index in [-0.39, 0.29) is 22.7 Å². The van der Waals surface area contributed by atoms with Gasteiger partial charge in [0, 0.05) is 35.5 Å². The first kappa shape index (κ1) is 20.4. The molecule has 0 fully saturated rings. The molecular weight excluding hydrogens is 392 g/mol. The first-order valence-corrected chi connectivity index (χ1v) is 9.99. The predicted molar refractivity (Wildman–Crippen MR) is 117 cm³/mol. The SMILES string of the molecule is CC1(C)CC(=O)C2=C(C1)N(c1ccc([N+](=O)[O-])cc1)C(N)=C(C#N)[C@@H]2c1ccccc1. The summed E-state index contributed by atoms with van der Waals surface area (Å²) in [5.41, 5.74) is 9.27. The number of carbonyl (C=O) groups excluding carboxylic acids is 1. The highest BCUT2D eigenvalue weighted by molar-refractivity contribution is 6.01. The van der Waals surface area contributed by atoms with Crippen LogP contribution in [0.1, 0.15) is 38.2 Å². The summed E-state index contributed by atoms with van der Waals surface area (Å²) >= 11 is 0. The molecule has 0 aromatic heterocycles. The first-order chi connectivity index (χ1) is 14.7. The van der Waals surface area contributed by atoms with E-state index in [9.17, 15) is 20.2 Å². The van der Waals surface area contributed by atoms with Crippen LogP contribution >= 0.6 is 0 Å². The van der Waals surface area contributed by atoms with Crippen molar-refractivity contribution in [1.29, 1.82) is 5.26 Å². The van der Waals surface area contributed by atoms with Crippen molar-refractivity contribution in [1.82, 2.24) is 0 Å². The average Bonchev–Trinajstić information content (AvgIpc) is 2.73. The molecule has 2 aliphatic rings. The summed E-state index contributed by atoms with van der Waals surface area (Å²) in [6, 6.07) is 17.6. The zero-order valence-corrected chi connectivity index (χ0v) is 17.3. The van der Waals surface area contributed by atoms with Gasteiger partial charge in [0.1, 0.15) is 5.82 Å². The predicted octanol–water partition coefficient (Wildman–Crippen LogP) is 4.54. The second kappa shape index (κ2) is 7.40. The van der Waals surface area contributed by atoms with Gasteiger partial charge < -0.3 is 5.73 Å². The minimum Gasteiger partial charge on any atom is -0.384 e. The molecule has 0 amide bonds. The Morgan fingerprint density at radius 2 is 1.77 bits per heavy atom. The van der Waals surface area contributed by atoms with E-state index in [1.807, 2.05) is 44.2 Å². The number of benzene rings is 2. The molecule has 0 unspecified atom stereocenters. The lowest BCUT2D eigenvalue weighted by Crippen LogP contribution is -2.42. The number of hydrogen-bond donors (Lipinski definition) is 1. The van der Waals surface area contributed by atoms with Crippen molar-refractivity contribution in [3.05, 3.63) is 92.9 Å². The van der Waals surface area contributed by atoms with Crippen LogP contribution in [0.25, 0.3) is 0 Å². The number of Topliss-reactive ketones (excluding diaryl/α,β-unsaturated/α-hetero) is 1. The molecule has 31 heavy (non-hydrogen) atoms. The topological polar surface area (TPSA) is 113 Å². The van der Waals surface area contributed by atoms with Crippen molar-refractivity contribution in [2.75, 3.05) is 4.90 Å². The summed E-state index contributed by atoms with van der Waals surface area (Å²) in [6.45, 7) is 4.06. The minimum atomic E-state index is -0.529. The van der Waals surface area contributed by atoms with E-state index < -0.39 is 10.8 Å². The van der Waals surface area contributed by atoms with E-state index >= 15 is 0 Å². The van der Waals surface area contributed by atoms with Gasteiger partial charge in [0.25, 0.3) is 5.69 Å². The molecule has 1 heterocycles. The third kappa shape index (κ3) is 3.46. The van der Waals surface area contributed by atoms with E-state index in [2.05, 4.69) is 6.07 Å². The van der Waals surface area contributed by atoms with Crippen molar-refractivity contribution in [3.8, 4) is 6.07 Å². The van der Waals surface area contributed by atoms with Crippen LogP contribution in [0.5, 0.6) is 0 Å². The molecule has 0 saturated heterocycles. The first-order valence-electron chi connectivity index (χ1n) is 9.99. The molecule has 0 bridgehead atoms. The van der Waals surface area contributed by atoms with Crippen molar-refractivity contribution in [3.63, 3.8) is 0 Å². The van der Waals surface area contributed by atoms with Crippen LogP contribution in [0.2, 0.25) is 0 Å². The van der Waals surface area contributed by atoms with Crippen molar-refractivity contribution in [2.24, 2.45) is 11.1 Å². The lowest BCUT2D eigenvalue weighted by Gasteiger charge is -2.43. The van der Waals surface area contributed by atoms with E-state index in [1.165, 1.54) is 12.1 Å². The van der Waals surface area contributed by atoms with Gasteiger partial charge in [-0.2, -0.15) is 5.26 Å². The molecular formula is C24H22N4O3. The Kier molecular flexibility index (Phi) is 4.86. The summed E-state index contributed by atoms with van der Waals surface area (Å²) < 4.78 is 0.